The van der Waals surface area contributed by atoms with Gasteiger partial charge in [0.1, 0.15) is 0 Å². The zero-order valence-electron chi connectivity index (χ0n) is 10.8. The third kappa shape index (κ3) is 3.04. The lowest BCUT2D eigenvalue weighted by Crippen LogP contribution is -2.26. The molecule has 1 aliphatic heterocycles. The molecule has 0 saturated carbocycles. The molecule has 2 rings (SSSR count). The second-order valence-electron chi connectivity index (χ2n) is 4.81. The monoisotopic (exact) mass is 271 g/mol. The van der Waals surface area contributed by atoms with Crippen molar-refractivity contribution in [3.05, 3.63) is 12.4 Å². The number of hydrogen-bond donors (Lipinski definition) is 1. The first-order valence-corrected chi connectivity index (χ1v) is 8.31. The Balaban J connectivity index is 1.92. The van der Waals surface area contributed by atoms with Crippen LogP contribution in [0, 0.1) is 0 Å². The molecule has 1 aromatic rings. The van der Waals surface area contributed by atoms with Crippen molar-refractivity contribution in [3.8, 4) is 0 Å². The van der Waals surface area contributed by atoms with Crippen LogP contribution in [0.15, 0.2) is 12.4 Å². The summed E-state index contributed by atoms with van der Waals surface area (Å²) in [5.74, 6) is 1.12. The molecule has 0 amide bonds. The van der Waals surface area contributed by atoms with E-state index in [-0.39, 0.29) is 5.25 Å². The number of aromatic nitrogens is 2. The number of nitrogens with zero attached hydrogens (tertiary/aromatic N) is 2. The molecule has 1 N–H and O–H groups in total. The molecule has 6 heteroatoms. The van der Waals surface area contributed by atoms with Crippen LogP contribution in [0.2, 0.25) is 0 Å². The van der Waals surface area contributed by atoms with Crippen molar-refractivity contribution in [3.63, 3.8) is 0 Å². The van der Waals surface area contributed by atoms with E-state index >= 15 is 0 Å². The topological polar surface area (TPSA) is 64.0 Å². The minimum Gasteiger partial charge on any atom is -0.354 e. The Labute approximate surface area is 109 Å². The Hall–Kier alpha value is -1.04. The van der Waals surface area contributed by atoms with Crippen LogP contribution in [0.3, 0.4) is 0 Å². The lowest BCUT2D eigenvalue weighted by atomic mass is 10.2. The predicted molar refractivity (Wildman–Crippen MR) is 72.4 cm³/mol. The summed E-state index contributed by atoms with van der Waals surface area (Å²) in [6.07, 6.45) is 7.48. The van der Waals surface area contributed by atoms with Gasteiger partial charge in [-0.25, -0.2) is 13.4 Å². The average molecular weight is 271 g/mol. The first kappa shape index (κ1) is 13.4. The molecule has 0 spiro atoms. The van der Waals surface area contributed by atoms with E-state index in [4.69, 9.17) is 0 Å². The molecule has 1 aromatic heterocycles. The predicted octanol–water partition coefficient (Wildman–Crippen LogP) is 1.67. The van der Waals surface area contributed by atoms with Gasteiger partial charge in [-0.2, -0.15) is 0 Å². The van der Waals surface area contributed by atoms with Crippen LogP contribution >= 0.6 is 0 Å². The molecular formula is C12H21N3O2S. The molecule has 0 aliphatic carbocycles. The van der Waals surface area contributed by atoms with E-state index in [2.05, 4.69) is 17.2 Å². The number of imidazole rings is 1. The Morgan fingerprint density at radius 1 is 1.56 bits per heavy atom. The number of unbranched alkanes of at least 4 members (excludes halogenated alkanes) is 1. The van der Waals surface area contributed by atoms with Crippen LogP contribution in [-0.4, -0.2) is 35.5 Å². The maximum atomic E-state index is 11.7. The second kappa shape index (κ2) is 5.73. The quantitative estimate of drug-likeness (QED) is 0.855. The highest BCUT2D eigenvalue weighted by Gasteiger charge is 2.31. The fraction of sp³-hybridized carbons (Fsp3) is 0.750. The normalized spacial score (nSPS) is 22.2. The number of anilines is 1. The lowest BCUT2D eigenvalue weighted by Gasteiger charge is -2.13. The van der Waals surface area contributed by atoms with Gasteiger partial charge in [0.15, 0.2) is 9.84 Å². The number of hydrogen-bond acceptors (Lipinski definition) is 4. The smallest absolute Gasteiger partial charge is 0.202 e. The summed E-state index contributed by atoms with van der Waals surface area (Å²) in [6, 6.07) is 0. The summed E-state index contributed by atoms with van der Waals surface area (Å²) in [7, 11) is -2.87. The summed E-state index contributed by atoms with van der Waals surface area (Å²) in [5, 5.41) is 2.93. The van der Waals surface area contributed by atoms with Crippen molar-refractivity contribution in [2.45, 2.75) is 44.4 Å². The molecule has 1 aliphatic rings. The first-order chi connectivity index (χ1) is 8.63. The van der Waals surface area contributed by atoms with Crippen LogP contribution in [0.25, 0.3) is 0 Å². The van der Waals surface area contributed by atoms with E-state index in [1.807, 2.05) is 10.8 Å². The van der Waals surface area contributed by atoms with Crippen molar-refractivity contribution in [2.75, 3.05) is 17.6 Å². The largest absolute Gasteiger partial charge is 0.354 e. The highest BCUT2D eigenvalue weighted by atomic mass is 32.2. The maximum absolute atomic E-state index is 11.7. The average Bonchev–Trinajstić information content (AvgIpc) is 2.90. The standard InChI is InChI=1S/C12H21N3O2S/c1-2-3-7-15-8-6-13-12(15)14-10-11-5-4-9-18(11,16)17/h6,8,11H,2-5,7,9-10H2,1H3,(H,13,14). The minimum atomic E-state index is -2.87. The van der Waals surface area contributed by atoms with Crippen molar-refractivity contribution >= 4 is 15.8 Å². The summed E-state index contributed by atoms with van der Waals surface area (Å²) in [4.78, 5) is 4.23. The summed E-state index contributed by atoms with van der Waals surface area (Å²) in [5.41, 5.74) is 0. The van der Waals surface area contributed by atoms with E-state index in [1.165, 1.54) is 0 Å². The molecule has 5 nitrogen and oxygen atoms in total. The van der Waals surface area contributed by atoms with E-state index in [0.29, 0.717) is 12.3 Å². The third-order valence-corrected chi connectivity index (χ3v) is 5.69. The number of nitrogens with one attached hydrogen (secondary N) is 1. The number of sulfone groups is 1. The van der Waals surface area contributed by atoms with Gasteiger partial charge in [-0.1, -0.05) is 13.3 Å². The van der Waals surface area contributed by atoms with Gasteiger partial charge < -0.3 is 9.88 Å². The molecular weight excluding hydrogens is 250 g/mol. The first-order valence-electron chi connectivity index (χ1n) is 6.60. The summed E-state index contributed by atoms with van der Waals surface area (Å²) >= 11 is 0. The van der Waals surface area contributed by atoms with Gasteiger partial charge >= 0.3 is 0 Å². The Morgan fingerprint density at radius 3 is 3.06 bits per heavy atom. The fourth-order valence-electron chi connectivity index (χ4n) is 2.28. The Kier molecular flexibility index (Phi) is 4.27. The van der Waals surface area contributed by atoms with Crippen LogP contribution in [0.5, 0.6) is 0 Å². The minimum absolute atomic E-state index is 0.242. The molecule has 1 saturated heterocycles. The summed E-state index contributed by atoms with van der Waals surface area (Å²) < 4.78 is 25.5. The zero-order valence-corrected chi connectivity index (χ0v) is 11.6. The molecule has 0 aromatic carbocycles. The van der Waals surface area contributed by atoms with Gasteiger partial charge in [0, 0.05) is 25.5 Å². The summed E-state index contributed by atoms with van der Waals surface area (Å²) in [6.45, 7) is 3.55. The van der Waals surface area contributed by atoms with E-state index in [1.54, 1.807) is 6.20 Å². The van der Waals surface area contributed by atoms with Gasteiger partial charge in [-0.3, -0.25) is 0 Å². The van der Waals surface area contributed by atoms with Crippen LogP contribution in [0.4, 0.5) is 5.95 Å². The fourth-order valence-corrected chi connectivity index (χ4v) is 4.04. The van der Waals surface area contributed by atoms with Gasteiger partial charge in [0.2, 0.25) is 5.95 Å². The SMILES string of the molecule is CCCCn1ccnc1NCC1CCCS1(=O)=O. The number of rotatable bonds is 6. The third-order valence-electron chi connectivity index (χ3n) is 3.42. The zero-order chi connectivity index (χ0) is 13.0. The molecule has 2 heterocycles. The van der Waals surface area contributed by atoms with Crippen molar-refractivity contribution in [1.29, 1.82) is 0 Å². The van der Waals surface area contributed by atoms with Crippen LogP contribution in [-0.2, 0) is 16.4 Å². The molecule has 1 atom stereocenters. The van der Waals surface area contributed by atoms with Crippen LogP contribution < -0.4 is 5.32 Å². The highest BCUT2D eigenvalue weighted by molar-refractivity contribution is 7.92. The maximum Gasteiger partial charge on any atom is 0.202 e. The second-order valence-corrected chi connectivity index (χ2v) is 7.21. The van der Waals surface area contributed by atoms with Crippen molar-refractivity contribution < 1.29 is 8.42 Å². The Bertz CT molecular complexity index is 481. The van der Waals surface area contributed by atoms with Gasteiger partial charge in [0.05, 0.1) is 11.0 Å². The van der Waals surface area contributed by atoms with Gasteiger partial charge in [-0.05, 0) is 19.3 Å². The van der Waals surface area contributed by atoms with Crippen molar-refractivity contribution in [1.82, 2.24) is 9.55 Å². The molecule has 0 bridgehead atoms. The van der Waals surface area contributed by atoms with Crippen molar-refractivity contribution in [2.24, 2.45) is 0 Å². The lowest BCUT2D eigenvalue weighted by molar-refractivity contribution is 0.590. The molecule has 18 heavy (non-hydrogen) atoms. The van der Waals surface area contributed by atoms with Gasteiger partial charge in [0.25, 0.3) is 0 Å². The molecule has 1 unspecified atom stereocenters. The van der Waals surface area contributed by atoms with E-state index < -0.39 is 9.84 Å². The molecule has 1 fully saturated rings. The Morgan fingerprint density at radius 2 is 2.39 bits per heavy atom. The molecule has 102 valence electrons. The van der Waals surface area contributed by atoms with Crippen LogP contribution in [0.1, 0.15) is 32.6 Å². The van der Waals surface area contributed by atoms with Gasteiger partial charge in [-0.15, -0.1) is 0 Å². The highest BCUT2D eigenvalue weighted by Crippen LogP contribution is 2.20. The molecule has 0 radical (unpaired) electrons. The van der Waals surface area contributed by atoms with E-state index in [0.717, 1.165) is 38.2 Å². The van der Waals surface area contributed by atoms with E-state index in [9.17, 15) is 8.42 Å². The number of aryl methyl sites for hydroxylation is 1.